The highest BCUT2D eigenvalue weighted by Crippen LogP contribution is 2.15. The van der Waals surface area contributed by atoms with Crippen LogP contribution >= 0.6 is 11.9 Å². The van der Waals surface area contributed by atoms with Crippen LogP contribution in [0.25, 0.3) is 0 Å². The molecule has 2 rings (SSSR count). The summed E-state index contributed by atoms with van der Waals surface area (Å²) < 4.78 is 7.38. The van der Waals surface area contributed by atoms with Gasteiger partial charge >= 0.3 is 12.0 Å². The number of ether oxygens (including phenoxy) is 1. The molecule has 0 aliphatic rings. The van der Waals surface area contributed by atoms with Crippen LogP contribution in [0.5, 0.6) is 0 Å². The van der Waals surface area contributed by atoms with E-state index in [2.05, 4.69) is 21.7 Å². The van der Waals surface area contributed by atoms with Crippen molar-refractivity contribution in [1.82, 2.24) is 10.0 Å². The lowest BCUT2D eigenvalue weighted by atomic mass is 10.1. The van der Waals surface area contributed by atoms with Crippen LogP contribution in [0.1, 0.15) is 28.4 Å². The molecule has 0 heterocycles. The van der Waals surface area contributed by atoms with Crippen LogP contribution in [0.2, 0.25) is 0 Å². The zero-order valence-corrected chi connectivity index (χ0v) is 14.5. The van der Waals surface area contributed by atoms with Gasteiger partial charge < -0.3 is 10.1 Å². The van der Waals surface area contributed by atoms with E-state index in [1.807, 2.05) is 24.3 Å². The molecule has 0 atom stereocenters. The van der Waals surface area contributed by atoms with E-state index in [0.29, 0.717) is 12.1 Å². The summed E-state index contributed by atoms with van der Waals surface area (Å²) in [6, 6.07) is 14.7. The second-order valence-electron chi connectivity index (χ2n) is 5.07. The van der Waals surface area contributed by atoms with Crippen LogP contribution in [0.4, 0.5) is 4.79 Å². The second-order valence-corrected chi connectivity index (χ2v) is 5.95. The topological polar surface area (TPSA) is 67.4 Å². The first kappa shape index (κ1) is 17.9. The summed E-state index contributed by atoms with van der Waals surface area (Å²) >= 11 is 1.27. The maximum Gasteiger partial charge on any atom is 0.337 e. The highest BCUT2D eigenvalue weighted by atomic mass is 32.2. The Kier molecular flexibility index (Phi) is 6.69. The van der Waals surface area contributed by atoms with Crippen molar-refractivity contribution in [2.24, 2.45) is 0 Å². The second kappa shape index (κ2) is 8.98. The van der Waals surface area contributed by atoms with Crippen molar-refractivity contribution in [2.75, 3.05) is 7.11 Å². The largest absolute Gasteiger partial charge is 0.465 e. The van der Waals surface area contributed by atoms with Crippen LogP contribution in [0.15, 0.2) is 53.4 Å². The van der Waals surface area contributed by atoms with Crippen LogP contribution in [0, 0.1) is 0 Å². The van der Waals surface area contributed by atoms with Gasteiger partial charge in [-0.05, 0) is 53.8 Å². The average molecular weight is 344 g/mol. The highest BCUT2D eigenvalue weighted by molar-refractivity contribution is 7.98. The van der Waals surface area contributed by atoms with Crippen LogP contribution in [-0.4, -0.2) is 19.1 Å². The fourth-order valence-corrected chi connectivity index (χ4v) is 2.55. The lowest BCUT2D eigenvalue weighted by Crippen LogP contribution is -2.30. The van der Waals surface area contributed by atoms with Crippen molar-refractivity contribution >= 4 is 23.9 Å². The Hall–Kier alpha value is -2.47. The van der Waals surface area contributed by atoms with Gasteiger partial charge in [-0.3, -0.25) is 4.72 Å². The van der Waals surface area contributed by atoms with Crippen molar-refractivity contribution in [3.8, 4) is 0 Å². The van der Waals surface area contributed by atoms with Gasteiger partial charge in [-0.2, -0.15) is 0 Å². The molecule has 0 aliphatic carbocycles. The minimum atomic E-state index is -0.377. The summed E-state index contributed by atoms with van der Waals surface area (Å²) in [5, 5.41) is 2.77. The molecule has 126 valence electrons. The Morgan fingerprint density at radius 3 is 2.21 bits per heavy atom. The maximum atomic E-state index is 11.8. The minimum absolute atomic E-state index is 0.267. The first-order valence-corrected chi connectivity index (χ1v) is 8.41. The van der Waals surface area contributed by atoms with Gasteiger partial charge in [0, 0.05) is 11.4 Å². The zero-order chi connectivity index (χ0) is 17.4. The Morgan fingerprint density at radius 1 is 1.00 bits per heavy atom. The molecule has 0 unspecified atom stereocenters. The quantitative estimate of drug-likeness (QED) is 0.621. The molecule has 2 N–H and O–H groups in total. The van der Waals surface area contributed by atoms with E-state index in [1.165, 1.54) is 24.6 Å². The van der Waals surface area contributed by atoms with Gasteiger partial charge in [0.25, 0.3) is 0 Å². The van der Waals surface area contributed by atoms with E-state index in [1.54, 1.807) is 24.3 Å². The van der Waals surface area contributed by atoms with E-state index in [0.717, 1.165) is 16.9 Å². The molecule has 0 saturated carbocycles. The van der Waals surface area contributed by atoms with E-state index in [4.69, 9.17) is 0 Å². The number of urea groups is 1. The van der Waals surface area contributed by atoms with Gasteiger partial charge in [-0.25, -0.2) is 9.59 Å². The number of hydrogen-bond acceptors (Lipinski definition) is 4. The third-order valence-corrected chi connectivity index (χ3v) is 4.22. The molecule has 0 fully saturated rings. The number of aryl methyl sites for hydroxylation is 1. The van der Waals surface area contributed by atoms with Crippen molar-refractivity contribution in [3.63, 3.8) is 0 Å². The number of rotatable bonds is 6. The number of carbonyl (C=O) groups is 2. The Bertz CT molecular complexity index is 684. The smallest absolute Gasteiger partial charge is 0.337 e. The third-order valence-electron chi connectivity index (χ3n) is 3.42. The molecule has 0 bridgehead atoms. The van der Waals surface area contributed by atoms with Gasteiger partial charge in [-0.1, -0.05) is 31.2 Å². The summed E-state index contributed by atoms with van der Waals surface area (Å²) in [7, 11) is 1.34. The number of methoxy groups -OCH3 is 1. The van der Waals surface area contributed by atoms with Crippen molar-refractivity contribution in [2.45, 2.75) is 24.8 Å². The molecule has 2 aromatic carbocycles. The normalized spacial score (nSPS) is 10.1. The Labute approximate surface area is 145 Å². The van der Waals surface area contributed by atoms with Crippen LogP contribution in [-0.2, 0) is 17.7 Å². The predicted molar refractivity (Wildman–Crippen MR) is 94.8 cm³/mol. The number of carbonyl (C=O) groups excluding carboxylic acids is 2. The molecule has 2 amide bonds. The standard InChI is InChI=1S/C18H20N2O3S/c1-3-13-6-10-16(11-7-13)24-20-18(22)19-12-14-4-8-15(9-5-14)17(21)23-2/h4-11H,3,12H2,1-2H3,(H2,19,20,22). The number of esters is 1. The van der Waals surface area contributed by atoms with Crippen molar-refractivity contribution < 1.29 is 14.3 Å². The van der Waals surface area contributed by atoms with E-state index < -0.39 is 0 Å². The summed E-state index contributed by atoms with van der Waals surface area (Å²) in [6.45, 7) is 2.48. The lowest BCUT2D eigenvalue weighted by Gasteiger charge is -2.08. The fraction of sp³-hybridized carbons (Fsp3) is 0.222. The minimum Gasteiger partial charge on any atom is -0.465 e. The third kappa shape index (κ3) is 5.31. The van der Waals surface area contributed by atoms with Crippen LogP contribution < -0.4 is 10.0 Å². The maximum absolute atomic E-state index is 11.8. The van der Waals surface area contributed by atoms with Gasteiger partial charge in [-0.15, -0.1) is 0 Å². The average Bonchev–Trinajstić information content (AvgIpc) is 2.64. The monoisotopic (exact) mass is 344 g/mol. The molecule has 0 saturated heterocycles. The molecule has 2 aromatic rings. The van der Waals surface area contributed by atoms with Crippen molar-refractivity contribution in [1.29, 1.82) is 0 Å². The molecular weight excluding hydrogens is 324 g/mol. The zero-order valence-electron chi connectivity index (χ0n) is 13.7. The molecular formula is C18H20N2O3S. The molecule has 0 radical (unpaired) electrons. The van der Waals surface area contributed by atoms with Gasteiger partial charge in [0.15, 0.2) is 0 Å². The number of amides is 2. The molecule has 0 spiro atoms. The Morgan fingerprint density at radius 2 is 1.62 bits per heavy atom. The highest BCUT2D eigenvalue weighted by Gasteiger charge is 2.05. The van der Waals surface area contributed by atoms with E-state index >= 15 is 0 Å². The lowest BCUT2D eigenvalue weighted by molar-refractivity contribution is 0.0600. The Balaban J connectivity index is 1.77. The molecule has 6 heteroatoms. The van der Waals surface area contributed by atoms with Gasteiger partial charge in [0.1, 0.15) is 0 Å². The molecule has 5 nitrogen and oxygen atoms in total. The predicted octanol–water partition coefficient (Wildman–Crippen LogP) is 3.54. The summed E-state index contributed by atoms with van der Waals surface area (Å²) in [5.74, 6) is -0.377. The van der Waals surface area contributed by atoms with Crippen LogP contribution in [0.3, 0.4) is 0 Å². The number of nitrogens with one attached hydrogen (secondary N) is 2. The molecule has 24 heavy (non-hydrogen) atoms. The summed E-state index contributed by atoms with van der Waals surface area (Å²) in [4.78, 5) is 24.1. The van der Waals surface area contributed by atoms with E-state index in [9.17, 15) is 9.59 Å². The fourth-order valence-electron chi connectivity index (χ4n) is 1.99. The van der Waals surface area contributed by atoms with Gasteiger partial charge in [0.2, 0.25) is 0 Å². The van der Waals surface area contributed by atoms with E-state index in [-0.39, 0.29) is 12.0 Å². The molecule has 0 aliphatic heterocycles. The summed E-state index contributed by atoms with van der Waals surface area (Å²) in [6.07, 6.45) is 0.994. The number of benzene rings is 2. The summed E-state index contributed by atoms with van der Waals surface area (Å²) in [5.41, 5.74) is 2.64. The first-order chi connectivity index (χ1) is 11.6. The van der Waals surface area contributed by atoms with Crippen molar-refractivity contribution in [3.05, 3.63) is 65.2 Å². The number of hydrogen-bond donors (Lipinski definition) is 2. The first-order valence-electron chi connectivity index (χ1n) is 7.59. The van der Waals surface area contributed by atoms with Gasteiger partial charge in [0.05, 0.1) is 12.7 Å². The molecule has 0 aromatic heterocycles. The SMILES string of the molecule is CCc1ccc(SNC(=O)NCc2ccc(C(=O)OC)cc2)cc1.